The molecule has 0 aliphatic carbocycles. The van der Waals surface area contributed by atoms with Crippen LogP contribution in [0, 0.1) is 5.92 Å². The molecule has 0 aliphatic rings. The van der Waals surface area contributed by atoms with Crippen LogP contribution in [0.5, 0.6) is 0 Å². The smallest absolute Gasteiger partial charge is 0.326 e. The first-order chi connectivity index (χ1) is 19.6. The van der Waals surface area contributed by atoms with Crippen LogP contribution in [0.1, 0.15) is 64.4 Å². The third-order valence-corrected chi connectivity index (χ3v) is 7.39. The van der Waals surface area contributed by atoms with Gasteiger partial charge < -0.3 is 43.2 Å². The number of hydrogen-bond acceptors (Lipinski definition) is 7. The standard InChI is InChI=1S/C29H47N7O5/c1-3-18(2)25(36-26(37)21(32)11-6-8-14-30)28(39)34-23(13-7-9-15-31)27(38)35-24(29(40)41)16-19-17-33-22-12-5-4-10-20(19)22/h4-5,10,12,17-18,21,23-25,33H,3,6-9,11,13-16,30-32H2,1-2H3,(H,34,39)(H,35,38)(H,36,37)(H,40,41). The first kappa shape index (κ1) is 33.7. The lowest BCUT2D eigenvalue weighted by Crippen LogP contribution is -2.58. The number of carboxylic acid groups (broad SMARTS) is 1. The Morgan fingerprint density at radius 1 is 0.878 bits per heavy atom. The molecule has 0 fully saturated rings. The molecule has 12 heteroatoms. The van der Waals surface area contributed by atoms with Gasteiger partial charge in [-0.1, -0.05) is 44.9 Å². The van der Waals surface area contributed by atoms with E-state index in [1.165, 1.54) is 0 Å². The number of unbranched alkanes of at least 4 members (excludes halogenated alkanes) is 2. The Morgan fingerprint density at radius 2 is 1.51 bits per heavy atom. The molecule has 0 aliphatic heterocycles. The van der Waals surface area contributed by atoms with Crippen molar-refractivity contribution in [1.29, 1.82) is 0 Å². The van der Waals surface area contributed by atoms with Crippen LogP contribution in [-0.4, -0.2) is 71.0 Å². The van der Waals surface area contributed by atoms with Crippen LogP contribution < -0.4 is 33.2 Å². The number of aliphatic carboxylic acids is 1. The Labute approximate surface area is 241 Å². The van der Waals surface area contributed by atoms with Gasteiger partial charge in [-0.25, -0.2) is 4.79 Å². The molecule has 2 aromatic rings. The molecule has 1 heterocycles. The van der Waals surface area contributed by atoms with E-state index in [0.29, 0.717) is 45.2 Å². The van der Waals surface area contributed by atoms with E-state index >= 15 is 0 Å². The van der Waals surface area contributed by atoms with Gasteiger partial charge in [0.05, 0.1) is 6.04 Å². The fourth-order valence-corrected chi connectivity index (χ4v) is 4.62. The predicted octanol–water partition coefficient (Wildman–Crippen LogP) is 0.881. The Balaban J connectivity index is 2.16. The first-order valence-electron chi connectivity index (χ1n) is 14.5. The topological polar surface area (TPSA) is 218 Å². The molecule has 0 saturated carbocycles. The van der Waals surface area contributed by atoms with Gasteiger partial charge in [-0.05, 0) is 62.7 Å². The lowest BCUT2D eigenvalue weighted by atomic mass is 9.96. The second-order valence-corrected chi connectivity index (χ2v) is 10.6. The zero-order chi connectivity index (χ0) is 30.4. The van der Waals surface area contributed by atoms with Crippen molar-refractivity contribution in [3.63, 3.8) is 0 Å². The molecule has 2 rings (SSSR count). The van der Waals surface area contributed by atoms with Crippen LogP contribution in [0.25, 0.3) is 10.9 Å². The zero-order valence-electron chi connectivity index (χ0n) is 24.2. The fraction of sp³-hybridized carbons (Fsp3) is 0.586. The number of nitrogens with two attached hydrogens (primary N) is 3. The lowest BCUT2D eigenvalue weighted by molar-refractivity contribution is -0.142. The Bertz CT molecular complexity index is 1140. The maximum absolute atomic E-state index is 13.4. The van der Waals surface area contributed by atoms with Gasteiger partial charge in [0.25, 0.3) is 0 Å². The second kappa shape index (κ2) is 17.4. The van der Waals surface area contributed by atoms with Gasteiger partial charge in [0.15, 0.2) is 0 Å². The number of benzene rings is 1. The SMILES string of the molecule is CCC(C)C(NC(=O)C(N)CCCCN)C(=O)NC(CCCCN)C(=O)NC(Cc1c[nH]c2ccccc12)C(=O)O. The van der Waals surface area contributed by atoms with Crippen molar-refractivity contribution in [2.75, 3.05) is 13.1 Å². The van der Waals surface area contributed by atoms with Crippen LogP contribution >= 0.6 is 0 Å². The summed E-state index contributed by atoms with van der Waals surface area (Å²) >= 11 is 0. The van der Waals surface area contributed by atoms with Crippen LogP contribution in [0.4, 0.5) is 0 Å². The number of aromatic nitrogens is 1. The number of fused-ring (bicyclic) bond motifs is 1. The normalized spacial score (nSPS) is 15.0. The van der Waals surface area contributed by atoms with Crippen molar-refractivity contribution in [1.82, 2.24) is 20.9 Å². The average Bonchev–Trinajstić information content (AvgIpc) is 3.37. The summed E-state index contributed by atoms with van der Waals surface area (Å²) in [5.41, 5.74) is 18.8. The summed E-state index contributed by atoms with van der Waals surface area (Å²) in [6.45, 7) is 4.64. The van der Waals surface area contributed by atoms with Crippen molar-refractivity contribution < 1.29 is 24.3 Å². The molecule has 5 atom stereocenters. The minimum Gasteiger partial charge on any atom is -0.480 e. The van der Waals surface area contributed by atoms with E-state index < -0.39 is 47.9 Å². The van der Waals surface area contributed by atoms with Crippen molar-refractivity contribution in [3.05, 3.63) is 36.0 Å². The number of carbonyl (C=O) groups is 4. The molecule has 1 aromatic carbocycles. The van der Waals surface area contributed by atoms with Gasteiger partial charge in [0.2, 0.25) is 17.7 Å². The van der Waals surface area contributed by atoms with E-state index in [0.717, 1.165) is 22.9 Å². The third-order valence-electron chi connectivity index (χ3n) is 7.39. The number of rotatable bonds is 19. The first-order valence-corrected chi connectivity index (χ1v) is 14.5. The summed E-state index contributed by atoms with van der Waals surface area (Å²) in [4.78, 5) is 54.8. The molecule has 41 heavy (non-hydrogen) atoms. The van der Waals surface area contributed by atoms with Crippen molar-refractivity contribution in [3.8, 4) is 0 Å². The highest BCUT2D eigenvalue weighted by Crippen LogP contribution is 2.19. The number of nitrogens with one attached hydrogen (secondary N) is 4. The minimum atomic E-state index is -1.22. The molecule has 228 valence electrons. The number of carboxylic acids is 1. The number of amides is 3. The van der Waals surface area contributed by atoms with E-state index in [1.54, 1.807) is 6.20 Å². The molecule has 0 bridgehead atoms. The monoisotopic (exact) mass is 573 g/mol. The molecule has 3 amide bonds. The fourth-order valence-electron chi connectivity index (χ4n) is 4.62. The Kier molecular flexibility index (Phi) is 14.3. The zero-order valence-corrected chi connectivity index (χ0v) is 24.2. The molecule has 11 N–H and O–H groups in total. The van der Waals surface area contributed by atoms with E-state index in [9.17, 15) is 24.3 Å². The molecule has 1 aromatic heterocycles. The van der Waals surface area contributed by atoms with Crippen molar-refractivity contribution in [2.24, 2.45) is 23.1 Å². The number of carbonyl (C=O) groups excluding carboxylic acids is 3. The van der Waals surface area contributed by atoms with Crippen molar-refractivity contribution >= 4 is 34.6 Å². The summed E-state index contributed by atoms with van der Waals surface area (Å²) in [7, 11) is 0. The van der Waals surface area contributed by atoms with E-state index in [1.807, 2.05) is 38.1 Å². The summed E-state index contributed by atoms with van der Waals surface area (Å²) in [5.74, 6) is -3.02. The van der Waals surface area contributed by atoms with Gasteiger partial charge in [-0.15, -0.1) is 0 Å². The number of aromatic amines is 1. The highest BCUT2D eigenvalue weighted by molar-refractivity contribution is 5.94. The molecule has 5 unspecified atom stereocenters. The van der Waals surface area contributed by atoms with Gasteiger partial charge in [-0.2, -0.15) is 0 Å². The largest absolute Gasteiger partial charge is 0.480 e. The third kappa shape index (κ3) is 10.5. The maximum Gasteiger partial charge on any atom is 0.326 e. The average molecular weight is 574 g/mol. The van der Waals surface area contributed by atoms with Gasteiger partial charge in [-0.3, -0.25) is 14.4 Å². The highest BCUT2D eigenvalue weighted by Gasteiger charge is 2.32. The number of H-pyrrole nitrogens is 1. The quantitative estimate of drug-likeness (QED) is 0.112. The van der Waals surface area contributed by atoms with Gasteiger partial charge in [0.1, 0.15) is 18.1 Å². The van der Waals surface area contributed by atoms with Crippen LogP contribution in [-0.2, 0) is 25.6 Å². The highest BCUT2D eigenvalue weighted by atomic mass is 16.4. The summed E-state index contributed by atoms with van der Waals surface area (Å²) < 4.78 is 0. The minimum absolute atomic E-state index is 0.0577. The molecule has 0 radical (unpaired) electrons. The maximum atomic E-state index is 13.4. The van der Waals surface area contributed by atoms with Crippen molar-refractivity contribution in [2.45, 2.75) is 89.4 Å². The van der Waals surface area contributed by atoms with Crippen LogP contribution in [0.3, 0.4) is 0 Å². The van der Waals surface area contributed by atoms with Crippen LogP contribution in [0.15, 0.2) is 30.5 Å². The number of para-hydroxylation sites is 1. The Hall–Kier alpha value is -3.48. The molecule has 0 spiro atoms. The predicted molar refractivity (Wildman–Crippen MR) is 159 cm³/mol. The van der Waals surface area contributed by atoms with E-state index in [2.05, 4.69) is 20.9 Å². The van der Waals surface area contributed by atoms with Gasteiger partial charge >= 0.3 is 5.97 Å². The van der Waals surface area contributed by atoms with E-state index in [4.69, 9.17) is 17.2 Å². The molecular weight excluding hydrogens is 526 g/mol. The molecule has 0 saturated heterocycles. The van der Waals surface area contributed by atoms with E-state index in [-0.39, 0.29) is 18.8 Å². The summed E-state index contributed by atoms with van der Waals surface area (Å²) in [6, 6.07) is 3.56. The van der Waals surface area contributed by atoms with Crippen LogP contribution in [0.2, 0.25) is 0 Å². The second-order valence-electron chi connectivity index (χ2n) is 10.6. The molecule has 12 nitrogen and oxygen atoms in total. The summed E-state index contributed by atoms with van der Waals surface area (Å²) in [5, 5.41) is 18.9. The lowest BCUT2D eigenvalue weighted by Gasteiger charge is -2.28. The van der Waals surface area contributed by atoms with Gasteiger partial charge in [0, 0.05) is 23.5 Å². The Morgan fingerprint density at radius 3 is 2.15 bits per heavy atom. The number of hydrogen-bond donors (Lipinski definition) is 8. The summed E-state index contributed by atoms with van der Waals surface area (Å²) in [6.07, 6.45) is 5.68. The molecular formula is C29H47N7O5.